The van der Waals surface area contributed by atoms with Crippen molar-refractivity contribution in [2.45, 2.75) is 45.3 Å². The molecule has 1 unspecified atom stereocenters. The average molecular weight is 249 g/mol. The Labute approximate surface area is 100 Å². The molecule has 100 valence electrons. The molecule has 0 aromatic heterocycles. The first-order valence-corrected chi connectivity index (χ1v) is 5.79. The summed E-state index contributed by atoms with van der Waals surface area (Å²) in [6, 6.07) is 0. The van der Waals surface area contributed by atoms with E-state index in [4.69, 9.17) is 9.84 Å². The van der Waals surface area contributed by atoms with Crippen LogP contribution in [0, 0.1) is 0 Å². The standard InChI is InChI=1S/C11H20FNO4/c1-3-5-7-17-10(16)11(12,6-4-2)13-8-9(14)15/h13H,3-8H2,1-2H3,(H,14,15). The topological polar surface area (TPSA) is 75.6 Å². The second-order valence-corrected chi connectivity index (χ2v) is 3.79. The SMILES string of the molecule is CCCCOC(=O)C(F)(CCC)NCC(=O)O. The van der Waals surface area contributed by atoms with Crippen LogP contribution in [0.25, 0.3) is 0 Å². The fourth-order valence-corrected chi connectivity index (χ4v) is 1.25. The van der Waals surface area contributed by atoms with Gasteiger partial charge < -0.3 is 9.84 Å². The summed E-state index contributed by atoms with van der Waals surface area (Å²) in [5.74, 6) is -4.65. The van der Waals surface area contributed by atoms with Crippen LogP contribution >= 0.6 is 0 Å². The predicted octanol–water partition coefficient (Wildman–Crippen LogP) is 1.47. The molecule has 6 heteroatoms. The monoisotopic (exact) mass is 249 g/mol. The summed E-state index contributed by atoms with van der Waals surface area (Å²) < 4.78 is 18.9. The second kappa shape index (κ2) is 8.00. The summed E-state index contributed by atoms with van der Waals surface area (Å²) in [7, 11) is 0. The molecule has 5 nitrogen and oxygen atoms in total. The van der Waals surface area contributed by atoms with Crippen LogP contribution in [0.2, 0.25) is 0 Å². The number of unbranched alkanes of at least 4 members (excludes halogenated alkanes) is 1. The molecule has 0 heterocycles. The molecule has 0 saturated carbocycles. The lowest BCUT2D eigenvalue weighted by Gasteiger charge is -2.23. The molecule has 2 N–H and O–H groups in total. The number of carboxylic acid groups (broad SMARTS) is 1. The van der Waals surface area contributed by atoms with E-state index in [2.05, 4.69) is 5.32 Å². The van der Waals surface area contributed by atoms with Crippen molar-refractivity contribution in [1.29, 1.82) is 0 Å². The smallest absolute Gasteiger partial charge is 0.359 e. The van der Waals surface area contributed by atoms with Gasteiger partial charge in [-0.25, -0.2) is 9.18 Å². The fraction of sp³-hybridized carbons (Fsp3) is 0.818. The summed E-state index contributed by atoms with van der Waals surface area (Å²) >= 11 is 0. The van der Waals surface area contributed by atoms with Crippen molar-refractivity contribution < 1.29 is 23.8 Å². The van der Waals surface area contributed by atoms with Gasteiger partial charge in [0.1, 0.15) is 0 Å². The lowest BCUT2D eigenvalue weighted by atomic mass is 10.1. The van der Waals surface area contributed by atoms with Gasteiger partial charge in [0.05, 0.1) is 13.2 Å². The molecular formula is C11H20FNO4. The maximum absolute atomic E-state index is 14.1. The van der Waals surface area contributed by atoms with Gasteiger partial charge in [-0.15, -0.1) is 0 Å². The number of hydrogen-bond acceptors (Lipinski definition) is 4. The molecule has 0 aromatic carbocycles. The van der Waals surface area contributed by atoms with E-state index in [1.54, 1.807) is 6.92 Å². The highest BCUT2D eigenvalue weighted by molar-refractivity contribution is 5.80. The van der Waals surface area contributed by atoms with Crippen molar-refractivity contribution in [2.75, 3.05) is 13.2 Å². The highest BCUT2D eigenvalue weighted by Crippen LogP contribution is 2.17. The van der Waals surface area contributed by atoms with E-state index < -0.39 is 24.3 Å². The third kappa shape index (κ3) is 6.21. The molecule has 0 aliphatic carbocycles. The van der Waals surface area contributed by atoms with Crippen molar-refractivity contribution >= 4 is 11.9 Å². The maximum Gasteiger partial charge on any atom is 0.359 e. The van der Waals surface area contributed by atoms with E-state index in [-0.39, 0.29) is 13.0 Å². The van der Waals surface area contributed by atoms with Crippen molar-refractivity contribution in [2.24, 2.45) is 0 Å². The molecule has 17 heavy (non-hydrogen) atoms. The molecule has 0 saturated heterocycles. The van der Waals surface area contributed by atoms with Crippen molar-refractivity contribution in [3.8, 4) is 0 Å². The third-order valence-electron chi connectivity index (χ3n) is 2.17. The zero-order chi connectivity index (χ0) is 13.3. The summed E-state index contributed by atoms with van der Waals surface area (Å²) in [5.41, 5.74) is 0. The summed E-state index contributed by atoms with van der Waals surface area (Å²) in [5, 5.41) is 10.5. The van der Waals surface area contributed by atoms with E-state index in [1.165, 1.54) is 0 Å². The van der Waals surface area contributed by atoms with Crippen LogP contribution in [0.4, 0.5) is 4.39 Å². The number of ether oxygens (including phenoxy) is 1. The van der Waals surface area contributed by atoms with Gasteiger partial charge >= 0.3 is 11.9 Å². The molecular weight excluding hydrogens is 229 g/mol. The lowest BCUT2D eigenvalue weighted by molar-refractivity contribution is -0.162. The Morgan fingerprint density at radius 2 is 2.00 bits per heavy atom. The summed E-state index contributed by atoms with van der Waals surface area (Å²) in [6.07, 6.45) is 1.80. The summed E-state index contributed by atoms with van der Waals surface area (Å²) in [4.78, 5) is 21.8. The lowest BCUT2D eigenvalue weighted by Crippen LogP contribution is -2.51. The first-order chi connectivity index (χ1) is 7.96. The van der Waals surface area contributed by atoms with Gasteiger partial charge in [0.15, 0.2) is 0 Å². The molecule has 0 fully saturated rings. The quantitative estimate of drug-likeness (QED) is 0.367. The zero-order valence-corrected chi connectivity index (χ0v) is 10.3. The van der Waals surface area contributed by atoms with Gasteiger partial charge in [-0.2, -0.15) is 0 Å². The Morgan fingerprint density at radius 1 is 1.35 bits per heavy atom. The molecule has 0 radical (unpaired) electrons. The highest BCUT2D eigenvalue weighted by Gasteiger charge is 2.39. The normalized spacial score (nSPS) is 14.1. The van der Waals surface area contributed by atoms with Crippen LogP contribution in [0.15, 0.2) is 0 Å². The molecule has 0 spiro atoms. The van der Waals surface area contributed by atoms with Crippen molar-refractivity contribution in [1.82, 2.24) is 5.32 Å². The number of hydrogen-bond donors (Lipinski definition) is 2. The van der Waals surface area contributed by atoms with Gasteiger partial charge in [0, 0.05) is 6.42 Å². The number of rotatable bonds is 9. The van der Waals surface area contributed by atoms with Crippen molar-refractivity contribution in [3.63, 3.8) is 0 Å². The number of carbonyl (C=O) groups excluding carboxylic acids is 1. The number of nitrogens with one attached hydrogen (secondary N) is 1. The van der Waals surface area contributed by atoms with Crippen molar-refractivity contribution in [3.05, 3.63) is 0 Å². The van der Waals surface area contributed by atoms with E-state index in [9.17, 15) is 14.0 Å². The Kier molecular flexibility index (Phi) is 7.45. The minimum atomic E-state index is -2.40. The van der Waals surface area contributed by atoms with Crippen LogP contribution in [0.5, 0.6) is 0 Å². The van der Waals surface area contributed by atoms with Crippen LogP contribution in [0.3, 0.4) is 0 Å². The Hall–Kier alpha value is -1.17. The average Bonchev–Trinajstić information content (AvgIpc) is 2.27. The van der Waals surface area contributed by atoms with Crippen LogP contribution in [-0.4, -0.2) is 36.0 Å². The van der Waals surface area contributed by atoms with Crippen LogP contribution in [0.1, 0.15) is 39.5 Å². The molecule has 0 aromatic rings. The van der Waals surface area contributed by atoms with E-state index in [0.29, 0.717) is 12.8 Å². The van der Waals surface area contributed by atoms with Gasteiger partial charge in [-0.3, -0.25) is 10.1 Å². The first kappa shape index (κ1) is 15.8. The minimum Gasteiger partial charge on any atom is -0.480 e. The number of esters is 1. The van der Waals surface area contributed by atoms with Crippen LogP contribution in [-0.2, 0) is 14.3 Å². The van der Waals surface area contributed by atoms with Crippen LogP contribution < -0.4 is 5.32 Å². The van der Waals surface area contributed by atoms with Gasteiger partial charge in [0.25, 0.3) is 5.79 Å². The highest BCUT2D eigenvalue weighted by atomic mass is 19.1. The zero-order valence-electron chi connectivity index (χ0n) is 10.3. The van der Waals surface area contributed by atoms with Gasteiger partial charge in [-0.1, -0.05) is 26.7 Å². The predicted molar refractivity (Wildman–Crippen MR) is 60.3 cm³/mol. The molecule has 0 aliphatic heterocycles. The Bertz CT molecular complexity index is 260. The van der Waals surface area contributed by atoms with Gasteiger partial charge in [-0.05, 0) is 6.42 Å². The number of alkyl halides is 1. The minimum absolute atomic E-state index is 0.106. The second-order valence-electron chi connectivity index (χ2n) is 3.79. The Morgan fingerprint density at radius 3 is 2.47 bits per heavy atom. The maximum atomic E-state index is 14.1. The number of halogens is 1. The largest absolute Gasteiger partial charge is 0.480 e. The number of carboxylic acids is 1. The number of aliphatic carboxylic acids is 1. The molecule has 0 aliphatic rings. The first-order valence-electron chi connectivity index (χ1n) is 5.79. The fourth-order valence-electron chi connectivity index (χ4n) is 1.25. The molecule has 0 rings (SSSR count). The van der Waals surface area contributed by atoms with E-state index >= 15 is 0 Å². The molecule has 0 bridgehead atoms. The van der Waals surface area contributed by atoms with E-state index in [1.807, 2.05) is 6.92 Å². The van der Waals surface area contributed by atoms with Gasteiger partial charge in [0.2, 0.25) is 0 Å². The summed E-state index contributed by atoms with van der Waals surface area (Å²) in [6.45, 7) is 3.17. The number of carbonyl (C=O) groups is 2. The Balaban J connectivity index is 4.34. The third-order valence-corrected chi connectivity index (χ3v) is 2.17. The molecule has 0 amide bonds. The molecule has 1 atom stereocenters. The van der Waals surface area contributed by atoms with E-state index in [0.717, 1.165) is 6.42 Å².